The first-order valence-corrected chi connectivity index (χ1v) is 8.10. The van der Waals surface area contributed by atoms with Crippen LogP contribution in [0.5, 0.6) is 0 Å². The zero-order valence-electron chi connectivity index (χ0n) is 11.5. The van der Waals surface area contributed by atoms with E-state index in [9.17, 15) is 0 Å². The van der Waals surface area contributed by atoms with Crippen LogP contribution in [-0.2, 0) is 6.54 Å². The van der Waals surface area contributed by atoms with Crippen molar-refractivity contribution in [3.63, 3.8) is 0 Å². The minimum atomic E-state index is 0.660. The summed E-state index contributed by atoms with van der Waals surface area (Å²) in [7, 11) is 0. The predicted molar refractivity (Wildman–Crippen MR) is 82.6 cm³/mol. The highest BCUT2D eigenvalue weighted by Crippen LogP contribution is 2.24. The number of benzene rings is 1. The molecule has 1 aliphatic rings. The number of hydrogen-bond acceptors (Lipinski definition) is 3. The number of hydrogen-bond donors (Lipinski definition) is 1. The average Bonchev–Trinajstić information content (AvgIpc) is 2.41. The predicted octanol–water partition coefficient (Wildman–Crippen LogP) is 3.13. The Morgan fingerprint density at radius 2 is 2.11 bits per heavy atom. The van der Waals surface area contributed by atoms with Crippen LogP contribution in [0.2, 0.25) is 0 Å². The molecule has 1 heterocycles. The first kappa shape index (κ1) is 13.8. The van der Waals surface area contributed by atoms with Gasteiger partial charge in [-0.25, -0.2) is 0 Å². The highest BCUT2D eigenvalue weighted by Gasteiger charge is 2.18. The van der Waals surface area contributed by atoms with Gasteiger partial charge in [0.2, 0.25) is 0 Å². The minimum absolute atomic E-state index is 0.660. The molecule has 0 spiro atoms. The molecule has 2 rings (SSSR count). The van der Waals surface area contributed by atoms with Crippen LogP contribution in [0.25, 0.3) is 0 Å². The van der Waals surface area contributed by atoms with Gasteiger partial charge < -0.3 is 10.2 Å². The second-order valence-corrected chi connectivity index (χ2v) is 6.11. The van der Waals surface area contributed by atoms with Crippen molar-refractivity contribution in [3.8, 4) is 0 Å². The van der Waals surface area contributed by atoms with E-state index in [0.29, 0.717) is 6.04 Å². The van der Waals surface area contributed by atoms with Crippen LogP contribution in [0.3, 0.4) is 0 Å². The number of rotatable bonds is 5. The monoisotopic (exact) mass is 264 g/mol. The molecule has 0 bridgehead atoms. The van der Waals surface area contributed by atoms with Gasteiger partial charge in [0.15, 0.2) is 0 Å². The standard InChI is InChI=1S/C15H24N2S/c1-3-8-16-11-14-4-6-15(7-5-14)17-9-10-18-12-13(17)2/h4-7,13,16H,3,8-12H2,1-2H3. The molecule has 2 nitrogen and oxygen atoms in total. The molecule has 0 aliphatic carbocycles. The van der Waals surface area contributed by atoms with Crippen LogP contribution >= 0.6 is 11.8 Å². The number of thioether (sulfide) groups is 1. The molecule has 1 atom stereocenters. The van der Waals surface area contributed by atoms with E-state index in [1.165, 1.54) is 35.7 Å². The zero-order valence-corrected chi connectivity index (χ0v) is 12.3. The molecule has 0 aromatic heterocycles. The van der Waals surface area contributed by atoms with Crippen molar-refractivity contribution >= 4 is 17.4 Å². The normalized spacial score (nSPS) is 20.1. The topological polar surface area (TPSA) is 15.3 Å². The molecular weight excluding hydrogens is 240 g/mol. The fourth-order valence-electron chi connectivity index (χ4n) is 2.33. The van der Waals surface area contributed by atoms with Crippen LogP contribution in [0.15, 0.2) is 24.3 Å². The number of anilines is 1. The molecule has 1 saturated heterocycles. The molecule has 1 aromatic rings. The van der Waals surface area contributed by atoms with Gasteiger partial charge in [0.25, 0.3) is 0 Å². The molecule has 1 fully saturated rings. The summed E-state index contributed by atoms with van der Waals surface area (Å²) in [6, 6.07) is 9.72. The maximum absolute atomic E-state index is 3.44. The van der Waals surface area contributed by atoms with Crippen molar-refractivity contribution in [3.05, 3.63) is 29.8 Å². The van der Waals surface area contributed by atoms with Crippen molar-refractivity contribution in [1.82, 2.24) is 5.32 Å². The third-order valence-electron chi connectivity index (χ3n) is 3.39. The lowest BCUT2D eigenvalue weighted by Crippen LogP contribution is -2.40. The van der Waals surface area contributed by atoms with Crippen LogP contribution in [0.1, 0.15) is 25.8 Å². The Bertz CT molecular complexity index is 350. The molecule has 1 N–H and O–H groups in total. The van der Waals surface area contributed by atoms with E-state index < -0.39 is 0 Å². The van der Waals surface area contributed by atoms with Gasteiger partial charge in [-0.1, -0.05) is 19.1 Å². The van der Waals surface area contributed by atoms with Gasteiger partial charge in [-0.2, -0.15) is 11.8 Å². The van der Waals surface area contributed by atoms with E-state index in [4.69, 9.17) is 0 Å². The fourth-order valence-corrected chi connectivity index (χ4v) is 3.34. The van der Waals surface area contributed by atoms with Crippen molar-refractivity contribution in [2.45, 2.75) is 32.9 Å². The van der Waals surface area contributed by atoms with Gasteiger partial charge in [0, 0.05) is 36.3 Å². The number of nitrogens with one attached hydrogen (secondary N) is 1. The summed E-state index contributed by atoms with van der Waals surface area (Å²) in [5, 5.41) is 3.44. The third-order valence-corrected chi connectivity index (χ3v) is 4.58. The van der Waals surface area contributed by atoms with Crippen LogP contribution in [-0.4, -0.2) is 30.6 Å². The quantitative estimate of drug-likeness (QED) is 0.823. The fraction of sp³-hybridized carbons (Fsp3) is 0.600. The maximum atomic E-state index is 3.44. The van der Waals surface area contributed by atoms with E-state index in [1.54, 1.807) is 0 Å². The molecule has 0 amide bonds. The van der Waals surface area contributed by atoms with Gasteiger partial charge in [-0.15, -0.1) is 0 Å². The van der Waals surface area contributed by atoms with E-state index in [-0.39, 0.29) is 0 Å². The Hall–Kier alpha value is -0.670. The third kappa shape index (κ3) is 3.66. The Morgan fingerprint density at radius 1 is 1.33 bits per heavy atom. The summed E-state index contributed by atoms with van der Waals surface area (Å²) in [4.78, 5) is 2.53. The molecular formula is C15H24N2S. The molecule has 100 valence electrons. The Labute approximate surface area is 115 Å². The maximum Gasteiger partial charge on any atom is 0.0369 e. The highest BCUT2D eigenvalue weighted by molar-refractivity contribution is 7.99. The lowest BCUT2D eigenvalue weighted by molar-refractivity contribution is 0.674. The molecule has 0 saturated carbocycles. The van der Waals surface area contributed by atoms with Gasteiger partial charge in [-0.3, -0.25) is 0 Å². The van der Waals surface area contributed by atoms with Crippen molar-refractivity contribution in [1.29, 1.82) is 0 Å². The summed E-state index contributed by atoms with van der Waals surface area (Å²) in [5.74, 6) is 2.50. The first-order valence-electron chi connectivity index (χ1n) is 6.95. The number of nitrogens with zero attached hydrogens (tertiary/aromatic N) is 1. The van der Waals surface area contributed by atoms with Crippen LogP contribution in [0, 0.1) is 0 Å². The Balaban J connectivity index is 1.94. The minimum Gasteiger partial charge on any atom is -0.367 e. The molecule has 1 aromatic carbocycles. The van der Waals surface area contributed by atoms with Crippen LogP contribution < -0.4 is 10.2 Å². The van der Waals surface area contributed by atoms with Crippen molar-refractivity contribution < 1.29 is 0 Å². The molecule has 1 unspecified atom stereocenters. The first-order chi connectivity index (χ1) is 8.81. The van der Waals surface area contributed by atoms with Crippen LogP contribution in [0.4, 0.5) is 5.69 Å². The molecule has 3 heteroatoms. The average molecular weight is 264 g/mol. The summed E-state index contributed by atoms with van der Waals surface area (Å²) in [6.45, 7) is 7.79. The lowest BCUT2D eigenvalue weighted by atomic mass is 10.1. The van der Waals surface area contributed by atoms with Gasteiger partial charge in [-0.05, 0) is 37.6 Å². The smallest absolute Gasteiger partial charge is 0.0369 e. The second-order valence-electron chi connectivity index (χ2n) is 4.96. The zero-order chi connectivity index (χ0) is 12.8. The Kier molecular flexibility index (Phi) is 5.39. The largest absolute Gasteiger partial charge is 0.367 e. The van der Waals surface area contributed by atoms with Gasteiger partial charge in [0.1, 0.15) is 0 Å². The van der Waals surface area contributed by atoms with E-state index in [0.717, 1.165) is 13.1 Å². The molecule has 1 aliphatic heterocycles. The second kappa shape index (κ2) is 7.05. The summed E-state index contributed by atoms with van der Waals surface area (Å²) < 4.78 is 0. The van der Waals surface area contributed by atoms with E-state index >= 15 is 0 Å². The van der Waals surface area contributed by atoms with Crippen molar-refractivity contribution in [2.75, 3.05) is 29.5 Å². The molecule has 0 radical (unpaired) electrons. The van der Waals surface area contributed by atoms with Crippen molar-refractivity contribution in [2.24, 2.45) is 0 Å². The van der Waals surface area contributed by atoms with Gasteiger partial charge in [0.05, 0.1) is 0 Å². The van der Waals surface area contributed by atoms with E-state index in [1.807, 2.05) is 0 Å². The highest BCUT2D eigenvalue weighted by atomic mass is 32.2. The summed E-state index contributed by atoms with van der Waals surface area (Å²) >= 11 is 2.07. The van der Waals surface area contributed by atoms with E-state index in [2.05, 4.69) is 60.1 Å². The molecule has 18 heavy (non-hydrogen) atoms. The lowest BCUT2D eigenvalue weighted by Gasteiger charge is -2.35. The van der Waals surface area contributed by atoms with Gasteiger partial charge >= 0.3 is 0 Å². The summed E-state index contributed by atoms with van der Waals surface area (Å²) in [5.41, 5.74) is 2.76. The SMILES string of the molecule is CCCNCc1ccc(N2CCSCC2C)cc1. The summed E-state index contributed by atoms with van der Waals surface area (Å²) in [6.07, 6.45) is 1.20. The Morgan fingerprint density at radius 3 is 2.78 bits per heavy atom.